The van der Waals surface area contributed by atoms with Gasteiger partial charge in [0.25, 0.3) is 0 Å². The quantitative estimate of drug-likeness (QED) is 0.628. The zero-order valence-electron chi connectivity index (χ0n) is 7.93. The van der Waals surface area contributed by atoms with Crippen LogP contribution in [0.1, 0.15) is 51.4 Å². The van der Waals surface area contributed by atoms with Crippen molar-refractivity contribution in [2.45, 2.75) is 56.6 Å². The smallest absolute Gasteiger partial charge is 0.00499 e. The van der Waals surface area contributed by atoms with E-state index in [0.29, 0.717) is 0 Å². The summed E-state index contributed by atoms with van der Waals surface area (Å²) >= 11 is 2.24. The first-order chi connectivity index (χ1) is 5.95. The topological polar surface area (TPSA) is 0 Å². The minimum Gasteiger partial charge on any atom is -0.159 e. The predicted octanol–water partition coefficient (Wildman–Crippen LogP) is 3.85. The summed E-state index contributed by atoms with van der Waals surface area (Å²) in [6, 6.07) is 0. The van der Waals surface area contributed by atoms with Gasteiger partial charge in [0.05, 0.1) is 0 Å². The van der Waals surface area contributed by atoms with Crippen molar-refractivity contribution in [1.82, 2.24) is 0 Å². The van der Waals surface area contributed by atoms with Gasteiger partial charge in [-0.2, -0.15) is 11.8 Å². The fourth-order valence-electron chi connectivity index (χ4n) is 2.62. The van der Waals surface area contributed by atoms with Crippen LogP contribution in [-0.2, 0) is 0 Å². The largest absolute Gasteiger partial charge is 0.159 e. The maximum atomic E-state index is 2.24. The van der Waals surface area contributed by atoms with Crippen LogP contribution in [0.25, 0.3) is 0 Å². The molecule has 0 N–H and O–H groups in total. The van der Waals surface area contributed by atoms with Gasteiger partial charge in [0.2, 0.25) is 0 Å². The standard InChI is InChI=1S/C11H20S/c1-2-5-10(6-3-1)9-11-7-4-8-12-11/h10-11H,1-9H2/t11-/m0/s1. The van der Waals surface area contributed by atoms with Crippen LogP contribution in [0, 0.1) is 5.92 Å². The van der Waals surface area contributed by atoms with E-state index in [2.05, 4.69) is 11.8 Å². The van der Waals surface area contributed by atoms with Gasteiger partial charge >= 0.3 is 0 Å². The Balaban J connectivity index is 1.69. The summed E-state index contributed by atoms with van der Waals surface area (Å²) in [5.74, 6) is 2.55. The SMILES string of the molecule is C1CCC(C[C@@H]2CCCS2)CC1. The zero-order valence-corrected chi connectivity index (χ0v) is 8.74. The average molecular weight is 184 g/mol. The molecule has 2 aliphatic rings. The molecule has 0 amide bonds. The fraction of sp³-hybridized carbons (Fsp3) is 1.00. The van der Waals surface area contributed by atoms with Crippen molar-refractivity contribution in [1.29, 1.82) is 0 Å². The van der Waals surface area contributed by atoms with E-state index in [4.69, 9.17) is 0 Å². The Kier molecular flexibility index (Phi) is 3.38. The molecule has 0 radical (unpaired) electrons. The Morgan fingerprint density at radius 1 is 0.917 bits per heavy atom. The third kappa shape index (κ3) is 2.42. The molecule has 2 rings (SSSR count). The monoisotopic (exact) mass is 184 g/mol. The molecule has 2 fully saturated rings. The van der Waals surface area contributed by atoms with Gasteiger partial charge in [-0.25, -0.2) is 0 Å². The molecular weight excluding hydrogens is 164 g/mol. The summed E-state index contributed by atoms with van der Waals surface area (Å²) in [4.78, 5) is 0. The summed E-state index contributed by atoms with van der Waals surface area (Å²) in [6.07, 6.45) is 12.2. The maximum absolute atomic E-state index is 2.24. The highest BCUT2D eigenvalue weighted by Crippen LogP contribution is 2.35. The lowest BCUT2D eigenvalue weighted by Gasteiger charge is -2.23. The molecule has 0 aromatic heterocycles. The van der Waals surface area contributed by atoms with E-state index >= 15 is 0 Å². The van der Waals surface area contributed by atoms with Crippen LogP contribution in [0.2, 0.25) is 0 Å². The van der Waals surface area contributed by atoms with Crippen molar-refractivity contribution in [2.24, 2.45) is 5.92 Å². The molecule has 1 heteroatoms. The number of hydrogen-bond acceptors (Lipinski definition) is 1. The summed E-state index contributed by atoms with van der Waals surface area (Å²) in [5, 5.41) is 1.05. The molecule has 12 heavy (non-hydrogen) atoms. The number of thioether (sulfide) groups is 1. The molecule has 0 unspecified atom stereocenters. The van der Waals surface area contributed by atoms with Crippen LogP contribution in [0.15, 0.2) is 0 Å². The van der Waals surface area contributed by atoms with Crippen LogP contribution in [0.5, 0.6) is 0 Å². The van der Waals surface area contributed by atoms with Gasteiger partial charge in [-0.05, 0) is 30.9 Å². The lowest BCUT2D eigenvalue weighted by Crippen LogP contribution is -2.11. The van der Waals surface area contributed by atoms with Crippen LogP contribution in [-0.4, -0.2) is 11.0 Å². The van der Waals surface area contributed by atoms with E-state index in [9.17, 15) is 0 Å². The molecule has 1 aliphatic heterocycles. The normalized spacial score (nSPS) is 32.5. The lowest BCUT2D eigenvalue weighted by atomic mass is 9.85. The van der Waals surface area contributed by atoms with E-state index in [1.165, 1.54) is 50.7 Å². The van der Waals surface area contributed by atoms with Gasteiger partial charge in [0, 0.05) is 5.25 Å². The molecule has 1 heterocycles. The fourth-order valence-corrected chi connectivity index (χ4v) is 4.03. The second-order valence-electron chi connectivity index (χ2n) is 4.37. The Labute approximate surface area is 80.5 Å². The molecular formula is C11H20S. The Morgan fingerprint density at radius 3 is 2.42 bits per heavy atom. The van der Waals surface area contributed by atoms with Crippen molar-refractivity contribution in [3.05, 3.63) is 0 Å². The highest BCUT2D eigenvalue weighted by Gasteiger charge is 2.21. The van der Waals surface area contributed by atoms with Crippen LogP contribution < -0.4 is 0 Å². The van der Waals surface area contributed by atoms with Crippen molar-refractivity contribution >= 4 is 11.8 Å². The van der Waals surface area contributed by atoms with Gasteiger partial charge in [-0.15, -0.1) is 0 Å². The minimum absolute atomic E-state index is 1.05. The Hall–Kier alpha value is 0.350. The number of hydrogen-bond donors (Lipinski definition) is 0. The van der Waals surface area contributed by atoms with Crippen LogP contribution >= 0.6 is 11.8 Å². The summed E-state index contributed by atoms with van der Waals surface area (Å²) in [5.41, 5.74) is 0. The number of rotatable bonds is 2. The van der Waals surface area contributed by atoms with Gasteiger partial charge in [-0.1, -0.05) is 32.1 Å². The van der Waals surface area contributed by atoms with Crippen LogP contribution in [0.3, 0.4) is 0 Å². The highest BCUT2D eigenvalue weighted by molar-refractivity contribution is 8.00. The molecule has 1 aliphatic carbocycles. The third-order valence-corrected chi connectivity index (χ3v) is 4.77. The molecule has 1 saturated carbocycles. The molecule has 0 aromatic rings. The first kappa shape index (κ1) is 8.93. The lowest BCUT2D eigenvalue weighted by molar-refractivity contribution is 0.335. The Bertz CT molecular complexity index is 121. The van der Waals surface area contributed by atoms with Crippen molar-refractivity contribution in [2.75, 3.05) is 5.75 Å². The molecule has 0 aromatic carbocycles. The summed E-state index contributed by atoms with van der Waals surface area (Å²) in [6.45, 7) is 0. The zero-order chi connectivity index (χ0) is 8.23. The average Bonchev–Trinajstić information content (AvgIpc) is 2.59. The van der Waals surface area contributed by atoms with E-state index in [0.717, 1.165) is 11.2 Å². The van der Waals surface area contributed by atoms with Gasteiger partial charge in [0.1, 0.15) is 0 Å². The van der Waals surface area contributed by atoms with Gasteiger partial charge < -0.3 is 0 Å². The summed E-state index contributed by atoms with van der Waals surface area (Å²) < 4.78 is 0. The second-order valence-corrected chi connectivity index (χ2v) is 5.78. The molecule has 0 spiro atoms. The highest BCUT2D eigenvalue weighted by atomic mass is 32.2. The minimum atomic E-state index is 1.05. The molecule has 1 saturated heterocycles. The third-order valence-electron chi connectivity index (χ3n) is 3.34. The second kappa shape index (κ2) is 4.55. The first-order valence-corrected chi connectivity index (χ1v) is 6.61. The first-order valence-electron chi connectivity index (χ1n) is 5.57. The van der Waals surface area contributed by atoms with E-state index in [1.54, 1.807) is 6.42 Å². The van der Waals surface area contributed by atoms with E-state index in [-0.39, 0.29) is 0 Å². The predicted molar refractivity (Wildman–Crippen MR) is 56.7 cm³/mol. The molecule has 0 nitrogen and oxygen atoms in total. The summed E-state index contributed by atoms with van der Waals surface area (Å²) in [7, 11) is 0. The molecule has 1 atom stereocenters. The van der Waals surface area contributed by atoms with Gasteiger partial charge in [0.15, 0.2) is 0 Å². The van der Waals surface area contributed by atoms with E-state index in [1.807, 2.05) is 0 Å². The molecule has 70 valence electrons. The Morgan fingerprint density at radius 2 is 1.75 bits per heavy atom. The van der Waals surface area contributed by atoms with Crippen LogP contribution in [0.4, 0.5) is 0 Å². The van der Waals surface area contributed by atoms with Crippen molar-refractivity contribution in [3.63, 3.8) is 0 Å². The molecule has 0 bridgehead atoms. The maximum Gasteiger partial charge on any atom is 0.00499 e. The van der Waals surface area contributed by atoms with Crippen molar-refractivity contribution < 1.29 is 0 Å². The van der Waals surface area contributed by atoms with Crippen molar-refractivity contribution in [3.8, 4) is 0 Å². The van der Waals surface area contributed by atoms with Gasteiger partial charge in [-0.3, -0.25) is 0 Å². The van der Waals surface area contributed by atoms with E-state index < -0.39 is 0 Å².